The molecule has 0 aliphatic carbocycles. The van der Waals surface area contributed by atoms with Gasteiger partial charge in [-0.15, -0.1) is 11.8 Å². The van der Waals surface area contributed by atoms with Gasteiger partial charge >= 0.3 is 0 Å². The predicted octanol–water partition coefficient (Wildman–Crippen LogP) is 7.04. The Morgan fingerprint density at radius 3 is 2.25 bits per heavy atom. The Labute approximate surface area is 232 Å². The summed E-state index contributed by atoms with van der Waals surface area (Å²) in [5, 5.41) is 4.71. The minimum atomic E-state index is -0.680. The maximum atomic E-state index is 13.6. The van der Waals surface area contributed by atoms with Crippen LogP contribution in [0.1, 0.15) is 30.5 Å². The average Bonchev–Trinajstić information content (AvgIpc) is 2.83. The molecule has 0 aliphatic rings. The lowest BCUT2D eigenvalue weighted by atomic mass is 10.0. The average molecular weight is 564 g/mol. The highest BCUT2D eigenvalue weighted by Gasteiger charge is 2.30. The molecule has 0 fully saturated rings. The van der Waals surface area contributed by atoms with Gasteiger partial charge < -0.3 is 10.2 Å². The van der Waals surface area contributed by atoms with Crippen molar-refractivity contribution < 1.29 is 9.59 Å². The van der Waals surface area contributed by atoms with Crippen LogP contribution in [0.15, 0.2) is 72.8 Å². The maximum absolute atomic E-state index is 13.6. The van der Waals surface area contributed by atoms with Gasteiger partial charge in [0.05, 0.1) is 5.75 Å². The first-order valence-electron chi connectivity index (χ1n) is 11.6. The summed E-state index contributed by atoms with van der Waals surface area (Å²) < 4.78 is 0. The number of hydrogen-bond donors (Lipinski definition) is 1. The molecule has 1 N–H and O–H groups in total. The normalized spacial score (nSPS) is 11.8. The van der Waals surface area contributed by atoms with E-state index in [0.717, 1.165) is 16.7 Å². The van der Waals surface area contributed by atoms with Crippen molar-refractivity contribution in [3.05, 3.63) is 105 Å². The number of carbonyl (C=O) groups excluding carboxylic acids is 2. The van der Waals surface area contributed by atoms with Crippen LogP contribution in [0, 0.1) is 0 Å². The second-order valence-corrected chi connectivity index (χ2v) is 11.0. The summed E-state index contributed by atoms with van der Waals surface area (Å²) >= 11 is 20.0. The Kier molecular flexibility index (Phi) is 11.0. The Morgan fingerprint density at radius 1 is 0.889 bits per heavy atom. The second kappa shape index (κ2) is 13.9. The summed E-state index contributed by atoms with van der Waals surface area (Å²) in [5.41, 5.74) is 2.74. The van der Waals surface area contributed by atoms with Crippen LogP contribution in [0.2, 0.25) is 15.1 Å². The minimum Gasteiger partial charge on any atom is -0.352 e. The molecule has 2 amide bonds. The van der Waals surface area contributed by atoms with Crippen LogP contribution in [-0.2, 0) is 28.3 Å². The molecule has 0 aromatic heterocycles. The molecule has 0 saturated heterocycles. The van der Waals surface area contributed by atoms with E-state index in [1.165, 1.54) is 11.8 Å². The highest BCUT2D eigenvalue weighted by Crippen LogP contribution is 2.25. The molecular weight excluding hydrogens is 535 g/mol. The van der Waals surface area contributed by atoms with Gasteiger partial charge in [0.25, 0.3) is 0 Å². The Morgan fingerprint density at radius 2 is 1.58 bits per heavy atom. The second-order valence-electron chi connectivity index (χ2n) is 8.75. The molecule has 0 radical (unpaired) electrons. The molecule has 0 saturated carbocycles. The molecule has 3 aromatic rings. The van der Waals surface area contributed by atoms with E-state index in [0.29, 0.717) is 27.2 Å². The number of nitrogens with one attached hydrogen (secondary N) is 1. The zero-order valence-corrected chi connectivity index (χ0v) is 23.3. The topological polar surface area (TPSA) is 49.4 Å². The van der Waals surface area contributed by atoms with Gasteiger partial charge in [-0.2, -0.15) is 0 Å². The van der Waals surface area contributed by atoms with E-state index in [-0.39, 0.29) is 30.2 Å². The van der Waals surface area contributed by atoms with Crippen LogP contribution in [-0.4, -0.2) is 34.6 Å². The number of halogens is 3. The predicted molar refractivity (Wildman–Crippen MR) is 152 cm³/mol. The van der Waals surface area contributed by atoms with Gasteiger partial charge in [0, 0.05) is 39.8 Å². The fraction of sp³-hybridized carbons (Fsp3) is 0.286. The quantitative estimate of drug-likeness (QED) is 0.272. The largest absolute Gasteiger partial charge is 0.352 e. The number of hydrogen-bond acceptors (Lipinski definition) is 3. The highest BCUT2D eigenvalue weighted by atomic mass is 35.5. The Balaban J connectivity index is 1.85. The molecule has 190 valence electrons. The molecular formula is C28H29Cl3N2O2S. The highest BCUT2D eigenvalue weighted by molar-refractivity contribution is 7.99. The fourth-order valence-corrected chi connectivity index (χ4v) is 5.42. The lowest BCUT2D eigenvalue weighted by Crippen LogP contribution is -2.52. The Bertz CT molecular complexity index is 1170. The number of nitrogens with zero attached hydrogens (tertiary/aromatic N) is 1. The zero-order chi connectivity index (χ0) is 26.1. The first-order valence-corrected chi connectivity index (χ1v) is 13.9. The standard InChI is InChI=1S/C28H29Cl3N2O2S/c1-19(2)32-28(35)26(14-20-7-4-3-5-8-20)33(16-21-9-6-10-23(29)13-21)27(34)18-36-17-22-11-12-24(30)15-25(22)31/h3-13,15,19,26H,14,16-18H2,1-2H3,(H,32,35)/t26-/m1/s1. The van der Waals surface area contributed by atoms with E-state index in [9.17, 15) is 9.59 Å². The van der Waals surface area contributed by atoms with E-state index in [2.05, 4.69) is 5.32 Å². The minimum absolute atomic E-state index is 0.0553. The van der Waals surface area contributed by atoms with E-state index < -0.39 is 6.04 Å². The van der Waals surface area contributed by atoms with E-state index in [1.54, 1.807) is 23.1 Å². The van der Waals surface area contributed by atoms with Crippen molar-refractivity contribution >= 4 is 58.4 Å². The van der Waals surface area contributed by atoms with Crippen molar-refractivity contribution in [2.75, 3.05) is 5.75 Å². The third-order valence-electron chi connectivity index (χ3n) is 5.44. The number of amides is 2. The molecule has 0 heterocycles. The molecule has 0 unspecified atom stereocenters. The number of benzene rings is 3. The van der Waals surface area contributed by atoms with Crippen molar-refractivity contribution in [3.8, 4) is 0 Å². The third kappa shape index (κ3) is 8.74. The van der Waals surface area contributed by atoms with Crippen LogP contribution in [0.5, 0.6) is 0 Å². The molecule has 36 heavy (non-hydrogen) atoms. The molecule has 3 rings (SSSR count). The first kappa shape index (κ1) is 28.4. The van der Waals surface area contributed by atoms with Gasteiger partial charge in [0.2, 0.25) is 11.8 Å². The summed E-state index contributed by atoms with van der Waals surface area (Å²) in [6, 6.07) is 21.7. The molecule has 0 bridgehead atoms. The molecule has 0 spiro atoms. The number of rotatable bonds is 11. The van der Waals surface area contributed by atoms with Gasteiger partial charge in [-0.3, -0.25) is 9.59 Å². The maximum Gasteiger partial charge on any atom is 0.243 e. The van der Waals surface area contributed by atoms with Crippen molar-refractivity contribution in [2.24, 2.45) is 0 Å². The summed E-state index contributed by atoms with van der Waals surface area (Å²) in [4.78, 5) is 28.6. The van der Waals surface area contributed by atoms with Crippen molar-refractivity contribution in [2.45, 2.75) is 44.6 Å². The summed E-state index contributed by atoms with van der Waals surface area (Å²) in [6.45, 7) is 4.09. The van der Waals surface area contributed by atoms with Gasteiger partial charge in [-0.05, 0) is 54.8 Å². The van der Waals surface area contributed by atoms with Crippen LogP contribution < -0.4 is 5.32 Å². The molecule has 0 aliphatic heterocycles. The van der Waals surface area contributed by atoms with E-state index in [4.69, 9.17) is 34.8 Å². The van der Waals surface area contributed by atoms with E-state index in [1.807, 2.05) is 68.4 Å². The SMILES string of the molecule is CC(C)NC(=O)[C@@H](Cc1ccccc1)N(Cc1cccc(Cl)c1)C(=O)CSCc1ccc(Cl)cc1Cl. The van der Waals surface area contributed by atoms with Crippen molar-refractivity contribution in [1.29, 1.82) is 0 Å². The van der Waals surface area contributed by atoms with Crippen LogP contribution in [0.25, 0.3) is 0 Å². The number of thioether (sulfide) groups is 1. The number of carbonyl (C=O) groups is 2. The summed E-state index contributed by atoms with van der Waals surface area (Å²) in [7, 11) is 0. The monoisotopic (exact) mass is 562 g/mol. The lowest BCUT2D eigenvalue weighted by Gasteiger charge is -2.32. The Hall–Kier alpha value is -2.18. The van der Waals surface area contributed by atoms with Gasteiger partial charge in [0.15, 0.2) is 0 Å². The molecule has 4 nitrogen and oxygen atoms in total. The molecule has 3 aromatic carbocycles. The van der Waals surface area contributed by atoms with Crippen LogP contribution >= 0.6 is 46.6 Å². The van der Waals surface area contributed by atoms with Crippen molar-refractivity contribution in [1.82, 2.24) is 10.2 Å². The summed E-state index contributed by atoms with van der Waals surface area (Å²) in [6.07, 6.45) is 0.402. The molecule has 8 heteroatoms. The third-order valence-corrected chi connectivity index (χ3v) is 7.23. The molecule has 1 atom stereocenters. The first-order chi connectivity index (χ1) is 17.2. The lowest BCUT2D eigenvalue weighted by molar-refractivity contribution is -0.139. The van der Waals surface area contributed by atoms with Gasteiger partial charge in [-0.1, -0.05) is 83.3 Å². The van der Waals surface area contributed by atoms with Gasteiger partial charge in [0.1, 0.15) is 6.04 Å². The van der Waals surface area contributed by atoms with E-state index >= 15 is 0 Å². The zero-order valence-electron chi connectivity index (χ0n) is 20.2. The smallest absolute Gasteiger partial charge is 0.243 e. The van der Waals surface area contributed by atoms with Gasteiger partial charge in [-0.25, -0.2) is 0 Å². The fourth-order valence-electron chi connectivity index (χ4n) is 3.74. The van der Waals surface area contributed by atoms with Crippen LogP contribution in [0.4, 0.5) is 0 Å². The summed E-state index contributed by atoms with van der Waals surface area (Å²) in [5.74, 6) is 0.425. The van der Waals surface area contributed by atoms with Crippen LogP contribution in [0.3, 0.4) is 0 Å². The van der Waals surface area contributed by atoms with Crippen molar-refractivity contribution in [3.63, 3.8) is 0 Å².